The van der Waals surface area contributed by atoms with Crippen LogP contribution in [0, 0.1) is 5.92 Å². The van der Waals surface area contributed by atoms with Gasteiger partial charge in [-0.3, -0.25) is 9.59 Å². The SMILES string of the molecule is CC(C)CN(CC(N)=O)C(=O)c1cc(S)cs1. The normalized spacial score (nSPS) is 10.6. The Kier molecular flexibility index (Phi) is 5.02. The second kappa shape index (κ2) is 6.07. The lowest BCUT2D eigenvalue weighted by Crippen LogP contribution is -2.40. The van der Waals surface area contributed by atoms with E-state index in [0.29, 0.717) is 11.4 Å². The molecular formula is C11H16N2O2S2. The molecule has 0 saturated heterocycles. The highest BCUT2D eigenvalue weighted by Crippen LogP contribution is 2.19. The highest BCUT2D eigenvalue weighted by atomic mass is 32.1. The Balaban J connectivity index is 2.82. The standard InChI is InChI=1S/C11H16N2O2S2/c1-7(2)4-13(5-10(12)14)11(15)9-3-8(16)6-17-9/h3,6-7,16H,4-5H2,1-2H3,(H2,12,14). The van der Waals surface area contributed by atoms with E-state index in [0.717, 1.165) is 4.90 Å². The Bertz CT molecular complexity index is 415. The molecule has 2 amide bonds. The fourth-order valence-electron chi connectivity index (χ4n) is 1.44. The third-order valence-corrected chi connectivity index (χ3v) is 3.37. The van der Waals surface area contributed by atoms with Crippen LogP contribution >= 0.6 is 24.0 Å². The van der Waals surface area contributed by atoms with Gasteiger partial charge in [-0.25, -0.2) is 0 Å². The first-order chi connectivity index (χ1) is 7.90. The van der Waals surface area contributed by atoms with Gasteiger partial charge in [0.2, 0.25) is 5.91 Å². The molecule has 94 valence electrons. The maximum atomic E-state index is 12.1. The van der Waals surface area contributed by atoms with Gasteiger partial charge in [-0.1, -0.05) is 13.8 Å². The summed E-state index contributed by atoms with van der Waals surface area (Å²) >= 11 is 5.48. The molecule has 6 heteroatoms. The van der Waals surface area contributed by atoms with Gasteiger partial charge < -0.3 is 10.6 Å². The summed E-state index contributed by atoms with van der Waals surface area (Å²) in [5, 5.41) is 1.79. The van der Waals surface area contributed by atoms with Gasteiger partial charge in [-0.05, 0) is 12.0 Å². The summed E-state index contributed by atoms with van der Waals surface area (Å²) < 4.78 is 0. The Hall–Kier alpha value is -1.01. The number of thiol groups is 1. The highest BCUT2D eigenvalue weighted by molar-refractivity contribution is 7.80. The zero-order valence-electron chi connectivity index (χ0n) is 9.84. The van der Waals surface area contributed by atoms with Gasteiger partial charge in [0.15, 0.2) is 0 Å². The van der Waals surface area contributed by atoms with Crippen molar-refractivity contribution in [2.45, 2.75) is 18.7 Å². The minimum absolute atomic E-state index is 0.0448. The monoisotopic (exact) mass is 272 g/mol. The molecule has 1 aromatic rings. The molecule has 17 heavy (non-hydrogen) atoms. The predicted octanol–water partition coefficient (Wildman–Crippen LogP) is 1.62. The van der Waals surface area contributed by atoms with Gasteiger partial charge in [0.05, 0.1) is 11.4 Å². The molecule has 0 atom stereocenters. The zero-order valence-corrected chi connectivity index (χ0v) is 11.6. The topological polar surface area (TPSA) is 63.4 Å². The lowest BCUT2D eigenvalue weighted by atomic mass is 10.2. The van der Waals surface area contributed by atoms with E-state index in [-0.39, 0.29) is 18.4 Å². The summed E-state index contributed by atoms with van der Waals surface area (Å²) in [5.74, 6) is -0.377. The van der Waals surface area contributed by atoms with E-state index in [9.17, 15) is 9.59 Å². The number of nitrogens with zero attached hydrogens (tertiary/aromatic N) is 1. The molecule has 0 saturated carbocycles. The minimum atomic E-state index is -0.498. The number of hydrogen-bond donors (Lipinski definition) is 2. The molecule has 0 unspecified atom stereocenters. The second-order valence-electron chi connectivity index (χ2n) is 4.21. The van der Waals surface area contributed by atoms with Crippen LogP contribution in [0.25, 0.3) is 0 Å². The lowest BCUT2D eigenvalue weighted by Gasteiger charge is -2.22. The Morgan fingerprint density at radius 1 is 1.53 bits per heavy atom. The summed E-state index contributed by atoms with van der Waals surface area (Å²) in [6, 6.07) is 1.70. The molecule has 0 aromatic carbocycles. The van der Waals surface area contributed by atoms with Crippen LogP contribution in [0.3, 0.4) is 0 Å². The molecular weight excluding hydrogens is 256 g/mol. The largest absolute Gasteiger partial charge is 0.368 e. The molecule has 0 aliphatic heterocycles. The number of hydrogen-bond acceptors (Lipinski definition) is 4. The van der Waals surface area contributed by atoms with Crippen molar-refractivity contribution < 1.29 is 9.59 Å². The number of thiophene rings is 1. The quantitative estimate of drug-likeness (QED) is 0.800. The fourth-order valence-corrected chi connectivity index (χ4v) is 2.56. The van der Waals surface area contributed by atoms with Gasteiger partial charge in [0.25, 0.3) is 5.91 Å². The predicted molar refractivity (Wildman–Crippen MR) is 71.5 cm³/mol. The van der Waals surface area contributed by atoms with E-state index in [4.69, 9.17) is 5.73 Å². The maximum Gasteiger partial charge on any atom is 0.264 e. The molecule has 2 N–H and O–H groups in total. The van der Waals surface area contributed by atoms with Gasteiger partial charge >= 0.3 is 0 Å². The van der Waals surface area contributed by atoms with Crippen LogP contribution < -0.4 is 5.73 Å². The van der Waals surface area contributed by atoms with E-state index in [1.807, 2.05) is 13.8 Å². The van der Waals surface area contributed by atoms with Crippen molar-refractivity contribution in [3.63, 3.8) is 0 Å². The van der Waals surface area contributed by atoms with Gasteiger partial charge in [0, 0.05) is 16.8 Å². The molecule has 0 radical (unpaired) electrons. The average molecular weight is 272 g/mol. The lowest BCUT2D eigenvalue weighted by molar-refractivity contribution is -0.118. The Morgan fingerprint density at radius 2 is 2.18 bits per heavy atom. The molecule has 1 heterocycles. The molecule has 1 aromatic heterocycles. The van der Waals surface area contributed by atoms with E-state index in [1.165, 1.54) is 16.2 Å². The summed E-state index contributed by atoms with van der Waals surface area (Å²) in [7, 11) is 0. The van der Waals surface area contributed by atoms with Crippen LogP contribution in [-0.4, -0.2) is 29.8 Å². The van der Waals surface area contributed by atoms with Crippen molar-refractivity contribution in [1.82, 2.24) is 4.90 Å². The third-order valence-electron chi connectivity index (χ3n) is 2.02. The summed E-state index contributed by atoms with van der Waals surface area (Å²) in [4.78, 5) is 25.9. The van der Waals surface area contributed by atoms with Crippen LogP contribution in [0.5, 0.6) is 0 Å². The molecule has 0 aliphatic carbocycles. The Morgan fingerprint density at radius 3 is 2.59 bits per heavy atom. The van der Waals surface area contributed by atoms with Gasteiger partial charge in [0.1, 0.15) is 0 Å². The maximum absolute atomic E-state index is 12.1. The first-order valence-electron chi connectivity index (χ1n) is 5.25. The highest BCUT2D eigenvalue weighted by Gasteiger charge is 2.19. The van der Waals surface area contributed by atoms with Crippen LogP contribution in [-0.2, 0) is 4.79 Å². The van der Waals surface area contributed by atoms with Crippen LogP contribution in [0.1, 0.15) is 23.5 Å². The van der Waals surface area contributed by atoms with Crippen LogP contribution in [0.4, 0.5) is 0 Å². The summed E-state index contributed by atoms with van der Waals surface area (Å²) in [6.45, 7) is 4.44. The average Bonchev–Trinajstić information content (AvgIpc) is 2.61. The minimum Gasteiger partial charge on any atom is -0.368 e. The summed E-state index contributed by atoms with van der Waals surface area (Å²) in [6.07, 6.45) is 0. The van der Waals surface area contributed by atoms with Crippen molar-refractivity contribution in [3.8, 4) is 0 Å². The number of carbonyl (C=O) groups is 2. The molecule has 1 rings (SSSR count). The van der Waals surface area contributed by atoms with Gasteiger partial charge in [-0.15, -0.1) is 24.0 Å². The van der Waals surface area contributed by atoms with E-state index < -0.39 is 5.91 Å². The number of nitrogens with two attached hydrogens (primary N) is 1. The number of carbonyl (C=O) groups excluding carboxylic acids is 2. The third kappa shape index (κ3) is 4.40. The van der Waals surface area contributed by atoms with Crippen molar-refractivity contribution in [2.24, 2.45) is 11.7 Å². The molecule has 0 spiro atoms. The van der Waals surface area contributed by atoms with Crippen molar-refractivity contribution in [2.75, 3.05) is 13.1 Å². The Labute approximate surface area is 110 Å². The molecule has 0 fully saturated rings. The van der Waals surface area contributed by atoms with Crippen LogP contribution in [0.2, 0.25) is 0 Å². The first-order valence-corrected chi connectivity index (χ1v) is 6.58. The number of primary amides is 1. The van der Waals surface area contributed by atoms with Crippen molar-refractivity contribution >= 4 is 35.8 Å². The molecule has 0 aliphatic rings. The molecule has 0 bridgehead atoms. The van der Waals surface area contributed by atoms with Crippen molar-refractivity contribution in [1.29, 1.82) is 0 Å². The summed E-state index contributed by atoms with van der Waals surface area (Å²) in [5.41, 5.74) is 5.15. The second-order valence-corrected chi connectivity index (χ2v) is 5.64. The number of amides is 2. The van der Waals surface area contributed by atoms with Crippen molar-refractivity contribution in [3.05, 3.63) is 16.3 Å². The van der Waals surface area contributed by atoms with E-state index in [1.54, 1.807) is 11.4 Å². The number of rotatable bonds is 5. The molecule has 4 nitrogen and oxygen atoms in total. The van der Waals surface area contributed by atoms with Gasteiger partial charge in [-0.2, -0.15) is 0 Å². The smallest absolute Gasteiger partial charge is 0.264 e. The first kappa shape index (κ1) is 14.1. The van der Waals surface area contributed by atoms with Crippen LogP contribution in [0.15, 0.2) is 16.3 Å². The van der Waals surface area contributed by atoms with E-state index in [2.05, 4.69) is 12.6 Å². The van der Waals surface area contributed by atoms with E-state index >= 15 is 0 Å². The fraction of sp³-hybridized carbons (Fsp3) is 0.455. The zero-order chi connectivity index (χ0) is 13.0.